The fourth-order valence-electron chi connectivity index (χ4n) is 1.81. The summed E-state index contributed by atoms with van der Waals surface area (Å²) in [6, 6.07) is 0. The van der Waals surface area contributed by atoms with Gasteiger partial charge >= 0.3 is 5.97 Å². The molecule has 0 spiro atoms. The Morgan fingerprint density at radius 2 is 2.16 bits per heavy atom. The molecule has 2 heterocycles. The van der Waals surface area contributed by atoms with E-state index >= 15 is 0 Å². The van der Waals surface area contributed by atoms with Crippen molar-refractivity contribution in [3.05, 3.63) is 11.4 Å². The van der Waals surface area contributed by atoms with Gasteiger partial charge in [0.25, 0.3) is 11.1 Å². The fraction of sp³-hybridized carbons (Fsp3) is 0.455. The zero-order valence-electron chi connectivity index (χ0n) is 10.9. The maximum absolute atomic E-state index is 10.5. The molecule has 0 unspecified atom stereocenters. The number of aryl methyl sites for hydroxylation is 2. The number of rotatable bonds is 5. The van der Waals surface area contributed by atoms with Crippen LogP contribution < -0.4 is 0 Å². The van der Waals surface area contributed by atoms with Gasteiger partial charge in [-0.3, -0.25) is 9.48 Å². The third kappa shape index (κ3) is 2.78. The second-order valence-corrected chi connectivity index (χ2v) is 4.84. The maximum atomic E-state index is 10.5. The summed E-state index contributed by atoms with van der Waals surface area (Å²) in [6.45, 7) is 6.59. The maximum Gasteiger partial charge on any atom is 0.314 e. The molecule has 0 fully saturated rings. The van der Waals surface area contributed by atoms with Crippen molar-refractivity contribution >= 4 is 17.7 Å². The molecule has 2 rings (SSSR count). The van der Waals surface area contributed by atoms with E-state index < -0.39 is 5.97 Å². The molecule has 2 aromatic rings. The molecular formula is C11H14N4O3S. The zero-order chi connectivity index (χ0) is 14.0. The van der Waals surface area contributed by atoms with E-state index in [1.54, 1.807) is 0 Å². The third-order valence-electron chi connectivity index (χ3n) is 2.62. The lowest BCUT2D eigenvalue weighted by Gasteiger charge is -1.98. The highest BCUT2D eigenvalue weighted by Crippen LogP contribution is 2.28. The molecule has 8 heteroatoms. The van der Waals surface area contributed by atoms with E-state index in [2.05, 4.69) is 15.3 Å². The van der Waals surface area contributed by atoms with Crippen molar-refractivity contribution in [1.29, 1.82) is 0 Å². The van der Waals surface area contributed by atoms with E-state index in [1.807, 2.05) is 25.5 Å². The summed E-state index contributed by atoms with van der Waals surface area (Å²) in [4.78, 5) is 10.5. The highest BCUT2D eigenvalue weighted by atomic mass is 32.2. The van der Waals surface area contributed by atoms with Crippen molar-refractivity contribution in [3.8, 4) is 11.5 Å². The van der Waals surface area contributed by atoms with E-state index in [0.29, 0.717) is 5.89 Å². The molecule has 0 saturated heterocycles. The molecule has 0 radical (unpaired) electrons. The van der Waals surface area contributed by atoms with Crippen LogP contribution in [0.2, 0.25) is 0 Å². The summed E-state index contributed by atoms with van der Waals surface area (Å²) in [5.74, 6) is -0.646. The van der Waals surface area contributed by atoms with E-state index in [-0.39, 0.29) is 11.0 Å². The van der Waals surface area contributed by atoms with Crippen molar-refractivity contribution in [3.63, 3.8) is 0 Å². The van der Waals surface area contributed by atoms with Crippen LogP contribution in [0.15, 0.2) is 9.64 Å². The van der Waals surface area contributed by atoms with E-state index in [4.69, 9.17) is 9.52 Å². The molecule has 7 nitrogen and oxygen atoms in total. The van der Waals surface area contributed by atoms with Crippen LogP contribution in [-0.4, -0.2) is 36.8 Å². The van der Waals surface area contributed by atoms with Gasteiger partial charge in [-0.2, -0.15) is 5.10 Å². The van der Waals surface area contributed by atoms with Gasteiger partial charge in [0, 0.05) is 12.2 Å². The number of carbonyl (C=O) groups is 1. The van der Waals surface area contributed by atoms with Gasteiger partial charge < -0.3 is 9.52 Å². The van der Waals surface area contributed by atoms with Gasteiger partial charge in [-0.1, -0.05) is 11.8 Å². The van der Waals surface area contributed by atoms with Crippen LogP contribution in [0.1, 0.15) is 18.3 Å². The first-order valence-electron chi connectivity index (χ1n) is 5.75. The number of carboxylic acid groups (broad SMARTS) is 1. The highest BCUT2D eigenvalue weighted by molar-refractivity contribution is 7.99. The van der Waals surface area contributed by atoms with Crippen LogP contribution in [0, 0.1) is 13.8 Å². The number of aromatic nitrogens is 4. The van der Waals surface area contributed by atoms with E-state index in [0.717, 1.165) is 35.3 Å². The molecule has 0 aromatic carbocycles. The molecule has 102 valence electrons. The summed E-state index contributed by atoms with van der Waals surface area (Å²) >= 11 is 1.00. The lowest BCUT2D eigenvalue weighted by molar-refractivity contribution is -0.133. The Hall–Kier alpha value is -1.83. The highest BCUT2D eigenvalue weighted by Gasteiger charge is 2.19. The van der Waals surface area contributed by atoms with Crippen LogP contribution in [0.25, 0.3) is 11.5 Å². The Morgan fingerprint density at radius 1 is 1.42 bits per heavy atom. The minimum absolute atomic E-state index is 0.103. The first-order valence-corrected chi connectivity index (χ1v) is 6.74. The quantitative estimate of drug-likeness (QED) is 0.835. The second-order valence-electron chi connectivity index (χ2n) is 3.92. The minimum Gasteiger partial charge on any atom is -0.481 e. The molecule has 0 aliphatic heterocycles. The first kappa shape index (κ1) is 13.6. The van der Waals surface area contributed by atoms with Crippen molar-refractivity contribution in [2.45, 2.75) is 32.5 Å². The minimum atomic E-state index is -0.920. The zero-order valence-corrected chi connectivity index (χ0v) is 11.7. The van der Waals surface area contributed by atoms with Crippen LogP contribution >= 0.6 is 11.8 Å². The van der Waals surface area contributed by atoms with Gasteiger partial charge in [0.2, 0.25) is 0 Å². The van der Waals surface area contributed by atoms with E-state index in [9.17, 15) is 4.79 Å². The number of hydrogen-bond acceptors (Lipinski definition) is 6. The lowest BCUT2D eigenvalue weighted by Crippen LogP contribution is -1.98. The summed E-state index contributed by atoms with van der Waals surface area (Å²) in [5, 5.41) is 21.0. The fourth-order valence-corrected chi connectivity index (χ4v) is 2.29. The van der Waals surface area contributed by atoms with E-state index in [1.165, 1.54) is 0 Å². The normalized spacial score (nSPS) is 10.9. The molecule has 0 saturated carbocycles. The monoisotopic (exact) mass is 282 g/mol. The van der Waals surface area contributed by atoms with Gasteiger partial charge in [-0.05, 0) is 20.8 Å². The van der Waals surface area contributed by atoms with Gasteiger partial charge in [-0.25, -0.2) is 0 Å². The molecule has 2 aromatic heterocycles. The standard InChI is InChI=1S/C11H14N4O3S/c1-4-15-7(3)9(6(2)14-15)10-12-13-11(18-10)19-5-8(16)17/h4-5H2,1-3H3,(H,16,17). The number of carboxylic acids is 1. The Bertz CT molecular complexity index is 605. The molecule has 0 bridgehead atoms. The molecule has 0 aliphatic carbocycles. The Labute approximate surface area is 114 Å². The Kier molecular flexibility index (Phi) is 3.89. The van der Waals surface area contributed by atoms with Crippen LogP contribution in [0.3, 0.4) is 0 Å². The van der Waals surface area contributed by atoms with Crippen molar-refractivity contribution in [2.24, 2.45) is 0 Å². The largest absolute Gasteiger partial charge is 0.481 e. The number of aliphatic carboxylic acids is 1. The number of nitrogens with zero attached hydrogens (tertiary/aromatic N) is 4. The predicted molar refractivity (Wildman–Crippen MR) is 69.0 cm³/mol. The summed E-state index contributed by atoms with van der Waals surface area (Å²) in [7, 11) is 0. The lowest BCUT2D eigenvalue weighted by atomic mass is 10.2. The van der Waals surface area contributed by atoms with Gasteiger partial charge in [-0.15, -0.1) is 10.2 Å². The van der Waals surface area contributed by atoms with Crippen LogP contribution in [-0.2, 0) is 11.3 Å². The Morgan fingerprint density at radius 3 is 2.74 bits per heavy atom. The molecule has 0 amide bonds. The average molecular weight is 282 g/mol. The molecule has 0 atom stereocenters. The van der Waals surface area contributed by atoms with Crippen molar-refractivity contribution in [1.82, 2.24) is 20.0 Å². The topological polar surface area (TPSA) is 94.0 Å². The smallest absolute Gasteiger partial charge is 0.314 e. The summed E-state index contributed by atoms with van der Waals surface area (Å²) < 4.78 is 7.32. The Balaban J connectivity index is 2.27. The number of hydrogen-bond donors (Lipinski definition) is 1. The summed E-state index contributed by atoms with van der Waals surface area (Å²) in [5.41, 5.74) is 2.59. The molecule has 1 N–H and O–H groups in total. The molecule has 19 heavy (non-hydrogen) atoms. The van der Waals surface area contributed by atoms with Gasteiger partial charge in [0.1, 0.15) is 5.75 Å². The van der Waals surface area contributed by atoms with Crippen molar-refractivity contribution < 1.29 is 14.3 Å². The third-order valence-corrected chi connectivity index (χ3v) is 3.42. The van der Waals surface area contributed by atoms with Crippen molar-refractivity contribution in [2.75, 3.05) is 5.75 Å². The van der Waals surface area contributed by atoms with Gasteiger partial charge in [0.05, 0.1) is 11.3 Å². The predicted octanol–water partition coefficient (Wildman–Crippen LogP) is 1.75. The van der Waals surface area contributed by atoms with Crippen LogP contribution in [0.5, 0.6) is 0 Å². The van der Waals surface area contributed by atoms with Crippen LogP contribution in [0.4, 0.5) is 0 Å². The van der Waals surface area contributed by atoms with Gasteiger partial charge in [0.15, 0.2) is 0 Å². The summed E-state index contributed by atoms with van der Waals surface area (Å²) in [6.07, 6.45) is 0. The average Bonchev–Trinajstić information content (AvgIpc) is 2.91. The SMILES string of the molecule is CCn1nc(C)c(-c2nnc(SCC(=O)O)o2)c1C. The number of thioether (sulfide) groups is 1. The second kappa shape index (κ2) is 5.43. The molecular weight excluding hydrogens is 268 g/mol. The molecule has 0 aliphatic rings. The first-order chi connectivity index (χ1) is 9.02.